The molecule has 2 aromatic carbocycles. The van der Waals surface area contributed by atoms with Crippen LogP contribution in [-0.2, 0) is 17.6 Å². The van der Waals surface area contributed by atoms with E-state index in [1.165, 1.54) is 4.90 Å². The number of benzene rings is 2. The molecule has 1 heterocycles. The first-order chi connectivity index (χ1) is 13.2. The molecule has 1 atom stereocenters. The molecule has 0 saturated heterocycles. The Balaban J connectivity index is 1.96. The molecule has 3 rings (SSSR count). The Hall–Kier alpha value is -1.95. The molecule has 6 heteroatoms. The number of hydrogen-bond acceptors (Lipinski definition) is 2. The molecule has 3 nitrogen and oxygen atoms in total. The second kappa shape index (κ2) is 8.19. The van der Waals surface area contributed by atoms with E-state index in [9.17, 15) is 13.6 Å². The molecule has 1 amide bonds. The second-order valence-corrected chi connectivity index (χ2v) is 8.90. The minimum absolute atomic E-state index is 0.000684. The second-order valence-electron chi connectivity index (χ2n) is 8.05. The van der Waals surface area contributed by atoms with Gasteiger partial charge in [0.05, 0.1) is 10.2 Å². The van der Waals surface area contributed by atoms with Crippen molar-refractivity contribution in [3.8, 4) is 0 Å². The number of aryl methyl sites for hydroxylation is 1. The Morgan fingerprint density at radius 3 is 2.57 bits per heavy atom. The van der Waals surface area contributed by atoms with Crippen molar-refractivity contribution in [3.63, 3.8) is 0 Å². The standard InChI is InChI=1S/C22H24BrF2NO2/c1-22(2,3)28-21(27)26-15(10-9-14-7-5-4-6-8-14)11-12-16-19(25)17(23)13-18(24)20(16)26/h4-8,13,15H,9-12H2,1-3H3. The number of hydrogen-bond donors (Lipinski definition) is 0. The summed E-state index contributed by atoms with van der Waals surface area (Å²) in [5, 5.41) is 0. The van der Waals surface area contributed by atoms with Gasteiger partial charge in [-0.05, 0) is 74.0 Å². The number of carbonyl (C=O) groups is 1. The van der Waals surface area contributed by atoms with E-state index >= 15 is 0 Å². The van der Waals surface area contributed by atoms with E-state index < -0.39 is 23.3 Å². The van der Waals surface area contributed by atoms with Gasteiger partial charge in [-0.3, -0.25) is 4.90 Å². The summed E-state index contributed by atoms with van der Waals surface area (Å²) < 4.78 is 35.1. The number of halogens is 3. The summed E-state index contributed by atoms with van der Waals surface area (Å²) in [5.74, 6) is -1.15. The number of fused-ring (bicyclic) bond motifs is 1. The van der Waals surface area contributed by atoms with Crippen LogP contribution in [0.2, 0.25) is 0 Å². The smallest absolute Gasteiger partial charge is 0.415 e. The monoisotopic (exact) mass is 451 g/mol. The lowest BCUT2D eigenvalue weighted by atomic mass is 9.91. The molecule has 0 aromatic heterocycles. The van der Waals surface area contributed by atoms with E-state index in [2.05, 4.69) is 15.9 Å². The molecular formula is C22H24BrF2NO2. The summed E-state index contributed by atoms with van der Waals surface area (Å²) in [6.45, 7) is 5.27. The third-order valence-electron chi connectivity index (χ3n) is 4.77. The third-order valence-corrected chi connectivity index (χ3v) is 5.35. The van der Waals surface area contributed by atoms with Crippen LogP contribution in [0.25, 0.3) is 0 Å². The van der Waals surface area contributed by atoms with Gasteiger partial charge in [0, 0.05) is 11.6 Å². The van der Waals surface area contributed by atoms with Crippen molar-refractivity contribution in [1.29, 1.82) is 0 Å². The molecule has 2 aromatic rings. The minimum atomic E-state index is -0.733. The number of anilines is 1. The fraction of sp³-hybridized carbons (Fsp3) is 0.409. The molecule has 150 valence electrons. The van der Waals surface area contributed by atoms with Crippen LogP contribution >= 0.6 is 15.9 Å². The predicted molar refractivity (Wildman–Crippen MR) is 110 cm³/mol. The summed E-state index contributed by atoms with van der Waals surface area (Å²) in [6, 6.07) is 10.7. The SMILES string of the molecule is CC(C)(C)OC(=O)N1c2c(F)cc(Br)c(F)c2CCC1CCc1ccccc1. The van der Waals surface area contributed by atoms with E-state index in [1.54, 1.807) is 20.8 Å². The first kappa shape index (κ1) is 20.8. The largest absolute Gasteiger partial charge is 0.443 e. The quantitative estimate of drug-likeness (QED) is 0.504. The van der Waals surface area contributed by atoms with Crippen LogP contribution < -0.4 is 4.90 Å². The number of ether oxygens (including phenoxy) is 1. The number of rotatable bonds is 3. The normalized spacial score (nSPS) is 16.6. The van der Waals surface area contributed by atoms with Crippen molar-refractivity contribution in [2.45, 2.75) is 58.1 Å². The average Bonchev–Trinajstić information content (AvgIpc) is 2.63. The number of amides is 1. The van der Waals surface area contributed by atoms with Gasteiger partial charge < -0.3 is 4.74 Å². The van der Waals surface area contributed by atoms with E-state index in [0.29, 0.717) is 19.3 Å². The minimum Gasteiger partial charge on any atom is -0.443 e. The summed E-state index contributed by atoms with van der Waals surface area (Å²) in [5.41, 5.74) is 0.621. The zero-order chi connectivity index (χ0) is 20.5. The molecule has 28 heavy (non-hydrogen) atoms. The van der Waals surface area contributed by atoms with E-state index in [0.717, 1.165) is 18.1 Å². The lowest BCUT2D eigenvalue weighted by Gasteiger charge is -2.38. The maximum atomic E-state index is 14.8. The van der Waals surface area contributed by atoms with Crippen LogP contribution in [0, 0.1) is 11.6 Å². The lowest BCUT2D eigenvalue weighted by molar-refractivity contribution is 0.0557. The van der Waals surface area contributed by atoms with Crippen molar-refractivity contribution in [3.05, 3.63) is 63.6 Å². The maximum absolute atomic E-state index is 14.8. The van der Waals surface area contributed by atoms with Crippen LogP contribution in [0.15, 0.2) is 40.9 Å². The van der Waals surface area contributed by atoms with Crippen LogP contribution in [0.3, 0.4) is 0 Å². The molecule has 0 fully saturated rings. The number of nitrogens with zero attached hydrogens (tertiary/aromatic N) is 1. The van der Waals surface area contributed by atoms with Gasteiger partial charge in [-0.25, -0.2) is 13.6 Å². The molecule has 0 aliphatic carbocycles. The molecule has 0 bridgehead atoms. The molecule has 1 aliphatic heterocycles. The van der Waals surface area contributed by atoms with Crippen molar-refractivity contribution < 1.29 is 18.3 Å². The molecule has 0 radical (unpaired) electrons. The van der Waals surface area contributed by atoms with Gasteiger partial charge >= 0.3 is 6.09 Å². The summed E-state index contributed by atoms with van der Waals surface area (Å²) in [6.07, 6.45) is 1.65. The molecule has 1 unspecified atom stereocenters. The van der Waals surface area contributed by atoms with E-state index in [-0.39, 0.29) is 21.8 Å². The zero-order valence-electron chi connectivity index (χ0n) is 16.3. The molecule has 1 aliphatic rings. The summed E-state index contributed by atoms with van der Waals surface area (Å²) in [4.78, 5) is 14.3. The van der Waals surface area contributed by atoms with E-state index in [4.69, 9.17) is 4.74 Å². The highest BCUT2D eigenvalue weighted by molar-refractivity contribution is 9.10. The Labute approximate surface area is 172 Å². The summed E-state index contributed by atoms with van der Waals surface area (Å²) >= 11 is 3.06. The fourth-order valence-corrected chi connectivity index (χ4v) is 3.99. The Morgan fingerprint density at radius 1 is 1.25 bits per heavy atom. The van der Waals surface area contributed by atoms with Crippen LogP contribution in [-0.4, -0.2) is 17.7 Å². The highest BCUT2D eigenvalue weighted by Gasteiger charge is 2.37. The first-order valence-corrected chi connectivity index (χ1v) is 10.2. The molecular weight excluding hydrogens is 428 g/mol. The fourth-order valence-electron chi connectivity index (χ4n) is 3.55. The van der Waals surface area contributed by atoms with Gasteiger partial charge in [0.1, 0.15) is 17.2 Å². The Kier molecular flexibility index (Phi) is 6.08. The highest BCUT2D eigenvalue weighted by Crippen LogP contribution is 2.39. The van der Waals surface area contributed by atoms with Gasteiger partial charge in [0.25, 0.3) is 0 Å². The van der Waals surface area contributed by atoms with Crippen LogP contribution in [0.1, 0.15) is 44.7 Å². The molecule has 0 spiro atoms. The van der Waals surface area contributed by atoms with Gasteiger partial charge in [-0.1, -0.05) is 30.3 Å². The van der Waals surface area contributed by atoms with E-state index in [1.807, 2.05) is 30.3 Å². The maximum Gasteiger partial charge on any atom is 0.415 e. The highest BCUT2D eigenvalue weighted by atomic mass is 79.9. The Morgan fingerprint density at radius 2 is 1.93 bits per heavy atom. The van der Waals surface area contributed by atoms with Gasteiger partial charge in [0.15, 0.2) is 0 Å². The van der Waals surface area contributed by atoms with Crippen LogP contribution in [0.5, 0.6) is 0 Å². The summed E-state index contributed by atoms with van der Waals surface area (Å²) in [7, 11) is 0. The third kappa shape index (κ3) is 4.54. The molecule has 0 N–H and O–H groups in total. The van der Waals surface area contributed by atoms with Crippen molar-refractivity contribution >= 4 is 27.7 Å². The van der Waals surface area contributed by atoms with Crippen molar-refractivity contribution in [1.82, 2.24) is 0 Å². The van der Waals surface area contributed by atoms with Crippen molar-refractivity contribution in [2.75, 3.05) is 4.90 Å². The Bertz CT molecular complexity index is 865. The predicted octanol–water partition coefficient (Wildman–Crippen LogP) is 6.42. The van der Waals surface area contributed by atoms with Gasteiger partial charge in [-0.2, -0.15) is 0 Å². The topological polar surface area (TPSA) is 29.5 Å². The van der Waals surface area contributed by atoms with Gasteiger partial charge in [0.2, 0.25) is 0 Å². The van der Waals surface area contributed by atoms with Gasteiger partial charge in [-0.15, -0.1) is 0 Å². The zero-order valence-corrected chi connectivity index (χ0v) is 17.9. The number of carbonyl (C=O) groups excluding carboxylic acids is 1. The lowest BCUT2D eigenvalue weighted by Crippen LogP contribution is -2.47. The van der Waals surface area contributed by atoms with Crippen molar-refractivity contribution in [2.24, 2.45) is 0 Å². The average molecular weight is 452 g/mol. The van der Waals surface area contributed by atoms with Crippen LogP contribution in [0.4, 0.5) is 19.3 Å². The molecule has 0 saturated carbocycles. The first-order valence-electron chi connectivity index (χ1n) is 9.40.